The van der Waals surface area contributed by atoms with Crippen molar-refractivity contribution in [2.45, 2.75) is 32.9 Å². The average molecular weight is 332 g/mol. The number of hydrogen-bond donors (Lipinski definition) is 2. The first-order valence-electron chi connectivity index (χ1n) is 5.75. The zero-order valence-corrected chi connectivity index (χ0v) is 13.0. The second kappa shape index (κ2) is 6.14. The molecule has 0 saturated heterocycles. The Morgan fingerprint density at radius 1 is 1.42 bits per heavy atom. The van der Waals surface area contributed by atoms with Gasteiger partial charge in [0.2, 0.25) is 0 Å². The van der Waals surface area contributed by atoms with Gasteiger partial charge in [-0.2, -0.15) is 0 Å². The lowest BCUT2D eigenvalue weighted by atomic mass is 10.2. The molecule has 0 aromatic heterocycles. The van der Waals surface area contributed by atoms with Crippen LogP contribution in [-0.4, -0.2) is 23.9 Å². The molecule has 0 fully saturated rings. The van der Waals surface area contributed by atoms with Crippen molar-refractivity contribution in [2.24, 2.45) is 0 Å². The molecule has 1 aromatic rings. The predicted molar refractivity (Wildman–Crippen MR) is 75.4 cm³/mol. The van der Waals surface area contributed by atoms with Crippen LogP contribution in [0.5, 0.6) is 11.5 Å². The average Bonchev–Trinajstić information content (AvgIpc) is 2.25. The summed E-state index contributed by atoms with van der Waals surface area (Å²) in [6.45, 7) is 5.66. The van der Waals surface area contributed by atoms with Gasteiger partial charge >= 0.3 is 6.09 Å². The van der Waals surface area contributed by atoms with E-state index in [0.29, 0.717) is 10.2 Å². The number of phenols is 1. The molecule has 5 nitrogen and oxygen atoms in total. The van der Waals surface area contributed by atoms with Gasteiger partial charge in [0.15, 0.2) is 11.5 Å². The number of carbonyl (C=O) groups excluding carboxylic acids is 1. The Morgan fingerprint density at radius 2 is 2.05 bits per heavy atom. The van der Waals surface area contributed by atoms with E-state index in [1.54, 1.807) is 26.8 Å². The first-order valence-corrected chi connectivity index (χ1v) is 6.54. The minimum absolute atomic E-state index is 0.0374. The van der Waals surface area contributed by atoms with E-state index in [2.05, 4.69) is 21.2 Å². The number of alkyl carbamates (subject to hydrolysis) is 1. The summed E-state index contributed by atoms with van der Waals surface area (Å²) in [7, 11) is 1.47. The zero-order chi connectivity index (χ0) is 14.6. The van der Waals surface area contributed by atoms with Gasteiger partial charge in [-0.1, -0.05) is 15.9 Å². The Kier molecular flexibility index (Phi) is 5.05. The number of carbonyl (C=O) groups is 1. The highest BCUT2D eigenvalue weighted by Gasteiger charge is 2.16. The standard InChI is InChI=1S/C13H18BrNO4/c1-13(2,3)19-12(17)15-7-8-5-11(18-4)10(16)6-9(8)14/h5-6,16H,7H2,1-4H3,(H,15,17). The van der Waals surface area contributed by atoms with Gasteiger partial charge in [0.25, 0.3) is 0 Å². The number of methoxy groups -OCH3 is 1. The van der Waals surface area contributed by atoms with Crippen molar-refractivity contribution >= 4 is 22.0 Å². The molecule has 0 aliphatic heterocycles. The fourth-order valence-corrected chi connectivity index (χ4v) is 1.84. The zero-order valence-electron chi connectivity index (χ0n) is 11.4. The third-order valence-corrected chi connectivity index (χ3v) is 2.91. The summed E-state index contributed by atoms with van der Waals surface area (Å²) in [6, 6.07) is 3.17. The first kappa shape index (κ1) is 15.6. The molecule has 106 valence electrons. The third kappa shape index (κ3) is 4.98. The van der Waals surface area contributed by atoms with Crippen molar-refractivity contribution in [3.63, 3.8) is 0 Å². The molecule has 0 radical (unpaired) electrons. The second-order valence-electron chi connectivity index (χ2n) is 4.97. The van der Waals surface area contributed by atoms with Gasteiger partial charge in [0, 0.05) is 11.0 Å². The monoisotopic (exact) mass is 331 g/mol. The Morgan fingerprint density at radius 3 is 2.58 bits per heavy atom. The van der Waals surface area contributed by atoms with E-state index in [-0.39, 0.29) is 12.3 Å². The number of rotatable bonds is 3. The van der Waals surface area contributed by atoms with E-state index in [4.69, 9.17) is 9.47 Å². The van der Waals surface area contributed by atoms with E-state index in [9.17, 15) is 9.90 Å². The van der Waals surface area contributed by atoms with Crippen LogP contribution in [0.3, 0.4) is 0 Å². The number of aromatic hydroxyl groups is 1. The normalized spacial score (nSPS) is 11.0. The molecule has 2 N–H and O–H groups in total. The molecule has 0 unspecified atom stereocenters. The minimum Gasteiger partial charge on any atom is -0.504 e. The van der Waals surface area contributed by atoms with Gasteiger partial charge in [-0.3, -0.25) is 0 Å². The minimum atomic E-state index is -0.534. The van der Waals surface area contributed by atoms with Gasteiger partial charge in [0.1, 0.15) is 5.60 Å². The molecule has 0 spiro atoms. The number of amides is 1. The molecule has 1 amide bonds. The van der Waals surface area contributed by atoms with Crippen molar-refractivity contribution in [1.29, 1.82) is 0 Å². The summed E-state index contributed by atoms with van der Waals surface area (Å²) in [5.74, 6) is 0.389. The Bertz CT molecular complexity index is 468. The van der Waals surface area contributed by atoms with Gasteiger partial charge in [0.05, 0.1) is 7.11 Å². The van der Waals surface area contributed by atoms with Crippen molar-refractivity contribution in [2.75, 3.05) is 7.11 Å². The molecule has 19 heavy (non-hydrogen) atoms. The Labute approximate surface area is 121 Å². The highest BCUT2D eigenvalue weighted by Crippen LogP contribution is 2.32. The van der Waals surface area contributed by atoms with Crippen molar-refractivity contribution < 1.29 is 19.4 Å². The predicted octanol–water partition coefficient (Wildman–Crippen LogP) is 3.19. The molecule has 1 aromatic carbocycles. The molecule has 0 aliphatic carbocycles. The lowest BCUT2D eigenvalue weighted by Crippen LogP contribution is -2.32. The number of halogens is 1. The van der Waals surface area contributed by atoms with Crippen LogP contribution < -0.4 is 10.1 Å². The van der Waals surface area contributed by atoms with E-state index >= 15 is 0 Å². The van der Waals surface area contributed by atoms with Crippen LogP contribution in [0.25, 0.3) is 0 Å². The first-order chi connectivity index (χ1) is 8.73. The quantitative estimate of drug-likeness (QED) is 0.892. The molecule has 0 saturated carbocycles. The number of benzene rings is 1. The van der Waals surface area contributed by atoms with Crippen molar-refractivity contribution in [1.82, 2.24) is 5.32 Å². The molecule has 0 bridgehead atoms. The van der Waals surface area contributed by atoms with E-state index < -0.39 is 11.7 Å². The maximum absolute atomic E-state index is 11.5. The highest BCUT2D eigenvalue weighted by atomic mass is 79.9. The summed E-state index contributed by atoms with van der Waals surface area (Å²) in [5, 5.41) is 12.2. The summed E-state index contributed by atoms with van der Waals surface area (Å²) in [4.78, 5) is 11.5. The maximum atomic E-state index is 11.5. The van der Waals surface area contributed by atoms with Gasteiger partial charge in [-0.25, -0.2) is 4.79 Å². The Hall–Kier alpha value is -1.43. The number of nitrogens with one attached hydrogen (secondary N) is 1. The van der Waals surface area contributed by atoms with Crippen LogP contribution in [0.4, 0.5) is 4.79 Å². The Balaban J connectivity index is 2.70. The van der Waals surface area contributed by atoms with Crippen LogP contribution in [0.1, 0.15) is 26.3 Å². The highest BCUT2D eigenvalue weighted by molar-refractivity contribution is 9.10. The van der Waals surface area contributed by atoms with Gasteiger partial charge in [-0.15, -0.1) is 0 Å². The van der Waals surface area contributed by atoms with E-state index in [1.165, 1.54) is 13.2 Å². The van der Waals surface area contributed by atoms with Crippen LogP contribution >= 0.6 is 15.9 Å². The molecule has 0 atom stereocenters. The molecule has 6 heteroatoms. The smallest absolute Gasteiger partial charge is 0.407 e. The molecular weight excluding hydrogens is 314 g/mol. The van der Waals surface area contributed by atoms with Crippen LogP contribution in [0.15, 0.2) is 16.6 Å². The van der Waals surface area contributed by atoms with E-state index in [1.807, 2.05) is 0 Å². The molecule has 1 rings (SSSR count). The van der Waals surface area contributed by atoms with Crippen LogP contribution in [0, 0.1) is 0 Å². The molecule has 0 heterocycles. The summed E-state index contributed by atoms with van der Waals surface area (Å²) in [6.07, 6.45) is -0.494. The number of phenolic OH excluding ortho intramolecular Hbond substituents is 1. The SMILES string of the molecule is COc1cc(CNC(=O)OC(C)(C)C)c(Br)cc1O. The van der Waals surface area contributed by atoms with Crippen LogP contribution in [0.2, 0.25) is 0 Å². The lowest BCUT2D eigenvalue weighted by molar-refractivity contribution is 0.0523. The maximum Gasteiger partial charge on any atom is 0.407 e. The topological polar surface area (TPSA) is 67.8 Å². The van der Waals surface area contributed by atoms with E-state index in [0.717, 1.165) is 5.56 Å². The largest absolute Gasteiger partial charge is 0.504 e. The summed E-state index contributed by atoms with van der Waals surface area (Å²) in [5.41, 5.74) is 0.244. The van der Waals surface area contributed by atoms with Gasteiger partial charge in [-0.05, 0) is 38.5 Å². The summed E-state index contributed by atoms with van der Waals surface area (Å²) >= 11 is 3.31. The van der Waals surface area contributed by atoms with Crippen molar-refractivity contribution in [3.05, 3.63) is 22.2 Å². The molecular formula is C13H18BrNO4. The second-order valence-corrected chi connectivity index (χ2v) is 5.83. The van der Waals surface area contributed by atoms with Crippen molar-refractivity contribution in [3.8, 4) is 11.5 Å². The van der Waals surface area contributed by atoms with Gasteiger partial charge < -0.3 is 19.9 Å². The lowest BCUT2D eigenvalue weighted by Gasteiger charge is -2.20. The third-order valence-electron chi connectivity index (χ3n) is 2.17. The number of hydrogen-bond acceptors (Lipinski definition) is 4. The fraction of sp³-hybridized carbons (Fsp3) is 0.462. The number of ether oxygens (including phenoxy) is 2. The van der Waals surface area contributed by atoms with Crippen LogP contribution in [-0.2, 0) is 11.3 Å². The molecule has 0 aliphatic rings. The fourth-order valence-electron chi connectivity index (χ4n) is 1.37. The summed E-state index contributed by atoms with van der Waals surface area (Å²) < 4.78 is 10.8.